The minimum absolute atomic E-state index is 0. The van der Waals surface area contributed by atoms with Crippen LogP contribution in [0, 0.1) is 0 Å². The molecule has 110 valence electrons. The van der Waals surface area contributed by atoms with Crippen LogP contribution in [-0.2, 0) is 6.18 Å². The van der Waals surface area contributed by atoms with Gasteiger partial charge >= 0.3 is 25.0 Å². The van der Waals surface area contributed by atoms with Crippen molar-refractivity contribution in [3.8, 4) is 0 Å². The maximum atomic E-state index is 13.1. The fourth-order valence-electron chi connectivity index (χ4n) is 2.60. The van der Waals surface area contributed by atoms with Gasteiger partial charge in [0.15, 0.2) is 0 Å². The molecule has 0 aliphatic carbocycles. The van der Waals surface area contributed by atoms with E-state index in [0.29, 0.717) is 18.9 Å². The summed E-state index contributed by atoms with van der Waals surface area (Å²) in [6, 6.07) is 3.16. The molecule has 7 heteroatoms. The molecule has 1 saturated heterocycles. The van der Waals surface area contributed by atoms with E-state index in [4.69, 9.17) is 0 Å². The van der Waals surface area contributed by atoms with Crippen molar-refractivity contribution in [3.63, 3.8) is 0 Å². The van der Waals surface area contributed by atoms with Crippen molar-refractivity contribution < 1.29 is 41.9 Å². The number of rotatable bonds is 2. The Morgan fingerprint density at radius 2 is 1.86 bits per heavy atom. The van der Waals surface area contributed by atoms with Crippen molar-refractivity contribution >= 4 is 5.97 Å². The number of carbonyl (C=O) groups excluding carboxylic acids is 1. The quantitative estimate of drug-likeness (QED) is 0.649. The number of piperidine rings is 1. The van der Waals surface area contributed by atoms with Crippen LogP contribution < -0.4 is 24.0 Å². The summed E-state index contributed by atoms with van der Waals surface area (Å²) in [6.45, 7) is 1.48. The van der Waals surface area contributed by atoms with E-state index < -0.39 is 23.3 Å². The van der Waals surface area contributed by atoms with E-state index in [-0.39, 0.29) is 30.3 Å². The average Bonchev–Trinajstić information content (AvgIpc) is 2.38. The van der Waals surface area contributed by atoms with E-state index in [1.807, 2.05) is 7.05 Å². The van der Waals surface area contributed by atoms with Crippen molar-refractivity contribution in [3.05, 3.63) is 34.9 Å². The number of alkyl halides is 3. The van der Waals surface area contributed by atoms with E-state index in [9.17, 15) is 23.1 Å². The number of carbonyl (C=O) groups is 1. The smallest absolute Gasteiger partial charge is 0.545 e. The number of aromatic carboxylic acids is 1. The Morgan fingerprint density at radius 1 is 1.29 bits per heavy atom. The fourth-order valence-corrected chi connectivity index (χ4v) is 2.60. The zero-order valence-corrected chi connectivity index (χ0v) is 12.0. The zero-order chi connectivity index (χ0) is 14.9. The normalized spacial score (nSPS) is 17.3. The number of carboxylic acids is 1. The number of hydrogen-bond acceptors (Lipinski definition) is 3. The Hall–Kier alpha value is -0.963. The van der Waals surface area contributed by atoms with Crippen LogP contribution in [0.2, 0.25) is 0 Å². The van der Waals surface area contributed by atoms with E-state index in [2.05, 4.69) is 4.90 Å². The standard InChI is InChI=1S/C14H16F3NO2.Li/c1-18-6-4-9(5-7-18)11-3-2-10(13(19)20)8-12(11)14(15,16)17;/h2-3,8-9H,4-7H2,1H3,(H,19,20);/q;+1/p-1. The van der Waals surface area contributed by atoms with Crippen molar-refractivity contribution in [2.75, 3.05) is 20.1 Å². The van der Waals surface area contributed by atoms with Gasteiger partial charge in [-0.15, -0.1) is 0 Å². The zero-order valence-electron chi connectivity index (χ0n) is 12.0. The van der Waals surface area contributed by atoms with Crippen molar-refractivity contribution in [2.24, 2.45) is 0 Å². The van der Waals surface area contributed by atoms with E-state index in [1.54, 1.807) is 0 Å². The van der Waals surface area contributed by atoms with Gasteiger partial charge < -0.3 is 14.8 Å². The summed E-state index contributed by atoms with van der Waals surface area (Å²) in [7, 11) is 1.93. The maximum Gasteiger partial charge on any atom is 1.00 e. The molecule has 0 atom stereocenters. The van der Waals surface area contributed by atoms with Gasteiger partial charge in [0, 0.05) is 0 Å². The number of nitrogens with zero attached hydrogens (tertiary/aromatic N) is 1. The Kier molecular flexibility index (Phi) is 5.91. The van der Waals surface area contributed by atoms with E-state index >= 15 is 0 Å². The molecule has 1 aliphatic rings. The van der Waals surface area contributed by atoms with Gasteiger partial charge in [-0.1, -0.05) is 12.1 Å². The summed E-state index contributed by atoms with van der Waals surface area (Å²) in [4.78, 5) is 12.8. The van der Waals surface area contributed by atoms with Crippen LogP contribution in [0.5, 0.6) is 0 Å². The summed E-state index contributed by atoms with van der Waals surface area (Å²) in [5, 5.41) is 10.7. The Bertz CT molecular complexity index is 511. The molecule has 0 spiro atoms. The first-order valence-corrected chi connectivity index (χ1v) is 6.40. The molecule has 1 aromatic rings. The minimum atomic E-state index is -4.55. The molecule has 3 nitrogen and oxygen atoms in total. The first-order chi connectivity index (χ1) is 9.29. The molecular weight excluding hydrogens is 278 g/mol. The molecule has 0 radical (unpaired) electrons. The summed E-state index contributed by atoms with van der Waals surface area (Å²) in [5.74, 6) is -1.77. The molecule has 21 heavy (non-hydrogen) atoms. The molecule has 0 amide bonds. The fraction of sp³-hybridized carbons (Fsp3) is 0.500. The second kappa shape index (κ2) is 6.86. The van der Waals surface area contributed by atoms with Gasteiger partial charge in [-0.05, 0) is 56.1 Å². The van der Waals surface area contributed by atoms with E-state index in [0.717, 1.165) is 13.1 Å². The minimum Gasteiger partial charge on any atom is -0.545 e. The monoisotopic (exact) mass is 293 g/mol. The first kappa shape index (κ1) is 18.1. The van der Waals surface area contributed by atoms with Gasteiger partial charge in [0.05, 0.1) is 11.5 Å². The molecule has 1 aromatic carbocycles. The Morgan fingerprint density at radius 3 is 2.33 bits per heavy atom. The van der Waals surface area contributed by atoms with Crippen LogP contribution in [0.15, 0.2) is 18.2 Å². The Balaban J connectivity index is 0.00000220. The molecule has 0 aromatic heterocycles. The molecule has 0 bridgehead atoms. The van der Waals surface area contributed by atoms with Gasteiger partial charge in [-0.2, -0.15) is 13.2 Å². The van der Waals surface area contributed by atoms with Crippen molar-refractivity contribution in [1.82, 2.24) is 4.90 Å². The summed E-state index contributed by atoms with van der Waals surface area (Å²) >= 11 is 0. The second-order valence-corrected chi connectivity index (χ2v) is 5.16. The van der Waals surface area contributed by atoms with Crippen molar-refractivity contribution in [2.45, 2.75) is 24.9 Å². The van der Waals surface area contributed by atoms with Gasteiger partial charge in [0.1, 0.15) is 0 Å². The average molecular weight is 293 g/mol. The number of benzene rings is 1. The van der Waals surface area contributed by atoms with Gasteiger partial charge in [0.25, 0.3) is 0 Å². The molecule has 0 saturated carbocycles. The molecule has 0 unspecified atom stereocenters. The summed E-state index contributed by atoms with van der Waals surface area (Å²) in [6.07, 6.45) is -3.27. The predicted octanol–water partition coefficient (Wildman–Crippen LogP) is -1.12. The van der Waals surface area contributed by atoms with Crippen LogP contribution in [0.1, 0.15) is 40.2 Å². The molecule has 1 heterocycles. The first-order valence-electron chi connectivity index (χ1n) is 6.40. The van der Waals surface area contributed by atoms with Crippen LogP contribution in [0.3, 0.4) is 0 Å². The maximum absolute atomic E-state index is 13.1. The molecule has 2 rings (SSSR count). The van der Waals surface area contributed by atoms with Crippen LogP contribution in [-0.4, -0.2) is 31.0 Å². The largest absolute Gasteiger partial charge is 1.00 e. The van der Waals surface area contributed by atoms with Crippen LogP contribution >= 0.6 is 0 Å². The number of likely N-dealkylation sites (tertiary alicyclic amines) is 1. The van der Waals surface area contributed by atoms with Gasteiger partial charge in [-0.3, -0.25) is 0 Å². The van der Waals surface area contributed by atoms with Crippen molar-refractivity contribution in [1.29, 1.82) is 0 Å². The topological polar surface area (TPSA) is 43.4 Å². The van der Waals surface area contributed by atoms with Crippen LogP contribution in [0.4, 0.5) is 13.2 Å². The third-order valence-corrected chi connectivity index (χ3v) is 3.75. The third-order valence-electron chi connectivity index (χ3n) is 3.75. The second-order valence-electron chi connectivity index (χ2n) is 5.16. The van der Waals surface area contributed by atoms with E-state index in [1.165, 1.54) is 12.1 Å². The molecule has 1 aliphatic heterocycles. The third kappa shape index (κ3) is 4.26. The molecule has 0 N–H and O–H groups in total. The summed E-state index contributed by atoms with van der Waals surface area (Å²) in [5.41, 5.74) is -1.10. The molecular formula is C14H15F3LiNO2. The van der Waals surface area contributed by atoms with Gasteiger partial charge in [0.2, 0.25) is 0 Å². The number of hydrogen-bond donors (Lipinski definition) is 0. The number of halogens is 3. The van der Waals surface area contributed by atoms with Crippen LogP contribution in [0.25, 0.3) is 0 Å². The predicted molar refractivity (Wildman–Crippen MR) is 65.2 cm³/mol. The molecule has 1 fully saturated rings. The van der Waals surface area contributed by atoms with Gasteiger partial charge in [-0.25, -0.2) is 0 Å². The Labute approximate surface area is 133 Å². The number of carboxylic acid groups (broad SMARTS) is 1. The summed E-state index contributed by atoms with van der Waals surface area (Å²) < 4.78 is 39.3. The SMILES string of the molecule is CN1CCC(c2ccc(C(=O)[O-])cc2C(F)(F)F)CC1.[Li+].